The van der Waals surface area contributed by atoms with E-state index in [1.165, 1.54) is 6.42 Å². The Bertz CT molecular complexity index is 79.8. The van der Waals surface area contributed by atoms with Crippen molar-refractivity contribution in [2.45, 2.75) is 20.3 Å². The normalized spacial score (nSPS) is 12.0. The van der Waals surface area contributed by atoms with Crippen LogP contribution < -0.4 is 5.32 Å². The topological polar surface area (TPSA) is 77.7 Å². The highest BCUT2D eigenvalue weighted by molar-refractivity contribution is 5.87. The Kier molecular flexibility index (Phi) is 24.5. The molecule has 4 nitrogen and oxygen atoms in total. The minimum absolute atomic E-state index is 0. The zero-order chi connectivity index (χ0) is 8.41. The molecule has 0 amide bonds. The van der Waals surface area contributed by atoms with E-state index in [1.54, 1.807) is 0 Å². The Morgan fingerprint density at radius 1 is 1.36 bits per heavy atom. The summed E-state index contributed by atoms with van der Waals surface area (Å²) in [7, 11) is 0. The first-order chi connectivity index (χ1) is 4.81. The predicted molar refractivity (Wildman–Crippen MR) is 44.6 cm³/mol. The van der Waals surface area contributed by atoms with Crippen molar-refractivity contribution in [3.8, 4) is 0 Å². The maximum atomic E-state index is 9.84. The molecule has 4 heteroatoms. The van der Waals surface area contributed by atoms with E-state index in [0.717, 1.165) is 0 Å². The van der Waals surface area contributed by atoms with Crippen molar-refractivity contribution in [3.63, 3.8) is 0 Å². The number of hydrogen-bond acceptors (Lipinski definition) is 3. The highest BCUT2D eigenvalue weighted by Gasteiger charge is 2.07. The lowest BCUT2D eigenvalue weighted by molar-refractivity contribution is -0.121. The minimum Gasteiger partial charge on any atom is -0.412 e. The number of ketones is 1. The zero-order valence-electron chi connectivity index (χ0n) is 7.14. The van der Waals surface area contributed by atoms with Gasteiger partial charge in [-0.25, -0.2) is 0 Å². The molecule has 0 saturated carbocycles. The van der Waals surface area contributed by atoms with Gasteiger partial charge in [-0.05, 0) is 0 Å². The zero-order valence-corrected chi connectivity index (χ0v) is 7.14. The average molecular weight is 163 g/mol. The second-order valence-corrected chi connectivity index (χ2v) is 1.85. The number of rotatable bonds is 0. The Morgan fingerprint density at radius 2 is 1.55 bits per heavy atom. The van der Waals surface area contributed by atoms with Gasteiger partial charge in [-0.1, -0.05) is 20.3 Å². The Hall–Kier alpha value is -0.740. The molecule has 0 spiro atoms. The van der Waals surface area contributed by atoms with E-state index in [4.69, 9.17) is 4.79 Å². The standard InChI is InChI=1S/C3H5NO.C3H8.CH2O.H2O/c5-3-1-4-2-3;1-3-2;1-2;/h4H,1-2H2;3H2,1-2H3;1H2;1H2. The molecule has 1 aliphatic rings. The number of nitrogens with one attached hydrogen (secondary N) is 1. The van der Waals surface area contributed by atoms with Crippen LogP contribution in [-0.2, 0) is 9.59 Å². The van der Waals surface area contributed by atoms with Crippen molar-refractivity contribution >= 4 is 12.6 Å². The smallest absolute Gasteiger partial charge is 0.160 e. The lowest BCUT2D eigenvalue weighted by Crippen LogP contribution is -2.42. The van der Waals surface area contributed by atoms with Crippen LogP contribution in [-0.4, -0.2) is 31.1 Å². The van der Waals surface area contributed by atoms with Crippen LogP contribution in [0.25, 0.3) is 0 Å². The van der Waals surface area contributed by atoms with E-state index in [9.17, 15) is 4.79 Å². The second-order valence-electron chi connectivity index (χ2n) is 1.85. The molecular weight excluding hydrogens is 146 g/mol. The second kappa shape index (κ2) is 16.1. The molecule has 0 radical (unpaired) electrons. The number of carbonyl (C=O) groups is 2. The molecule has 1 aliphatic heterocycles. The van der Waals surface area contributed by atoms with E-state index in [0.29, 0.717) is 18.9 Å². The van der Waals surface area contributed by atoms with Crippen molar-refractivity contribution in [2.24, 2.45) is 0 Å². The van der Waals surface area contributed by atoms with Crippen molar-refractivity contribution < 1.29 is 15.1 Å². The number of Topliss-reactive ketones (excluding diaryl/α,β-unsaturated/α-hetero) is 1. The first kappa shape index (κ1) is 16.7. The average Bonchev–Trinajstić information content (AvgIpc) is 1.90. The fraction of sp³-hybridized carbons (Fsp3) is 0.714. The third kappa shape index (κ3) is 17.6. The summed E-state index contributed by atoms with van der Waals surface area (Å²) >= 11 is 0. The Morgan fingerprint density at radius 3 is 1.55 bits per heavy atom. The van der Waals surface area contributed by atoms with Gasteiger partial charge in [0.15, 0.2) is 5.78 Å². The molecule has 0 aromatic rings. The summed E-state index contributed by atoms with van der Waals surface area (Å²) in [6.07, 6.45) is 1.25. The van der Waals surface area contributed by atoms with Gasteiger partial charge >= 0.3 is 0 Å². The van der Waals surface area contributed by atoms with Gasteiger partial charge in [-0.3, -0.25) is 4.79 Å². The van der Waals surface area contributed by atoms with Gasteiger partial charge in [0.2, 0.25) is 0 Å². The molecule has 1 fully saturated rings. The van der Waals surface area contributed by atoms with Gasteiger partial charge < -0.3 is 15.6 Å². The third-order valence-electron chi connectivity index (χ3n) is 0.644. The van der Waals surface area contributed by atoms with Crippen molar-refractivity contribution in [1.82, 2.24) is 5.32 Å². The number of hydrogen-bond donors (Lipinski definition) is 1. The molecule has 0 aliphatic carbocycles. The fourth-order valence-corrected chi connectivity index (χ4v) is 0.227. The summed E-state index contributed by atoms with van der Waals surface area (Å²) in [4.78, 5) is 17.8. The fourth-order valence-electron chi connectivity index (χ4n) is 0.227. The van der Waals surface area contributed by atoms with Gasteiger partial charge in [0.25, 0.3) is 0 Å². The molecule has 0 unspecified atom stereocenters. The summed E-state index contributed by atoms with van der Waals surface area (Å²) < 4.78 is 0. The molecule has 68 valence electrons. The Labute approximate surface area is 67.3 Å². The molecular formula is C7H17NO3. The highest BCUT2D eigenvalue weighted by atomic mass is 16.1. The van der Waals surface area contributed by atoms with Crippen LogP contribution in [0.4, 0.5) is 0 Å². The molecule has 0 atom stereocenters. The van der Waals surface area contributed by atoms with Gasteiger partial charge in [-0.15, -0.1) is 0 Å². The Balaban J connectivity index is -0.0000000956. The van der Waals surface area contributed by atoms with Crippen LogP contribution in [0.2, 0.25) is 0 Å². The van der Waals surface area contributed by atoms with E-state index < -0.39 is 0 Å². The quantitative estimate of drug-likeness (QED) is 0.526. The lowest BCUT2D eigenvalue weighted by atomic mass is 10.3. The molecule has 1 rings (SSSR count). The summed E-state index contributed by atoms with van der Waals surface area (Å²) in [5.74, 6) is 0.324. The molecule has 0 aromatic carbocycles. The highest BCUT2D eigenvalue weighted by Crippen LogP contribution is 1.75. The maximum absolute atomic E-state index is 9.84. The van der Waals surface area contributed by atoms with Crippen LogP contribution in [0.1, 0.15) is 20.3 Å². The summed E-state index contributed by atoms with van der Waals surface area (Å²) in [6.45, 7) is 7.44. The van der Waals surface area contributed by atoms with E-state index in [2.05, 4.69) is 19.2 Å². The van der Waals surface area contributed by atoms with Gasteiger partial charge in [0.1, 0.15) is 6.79 Å². The molecule has 3 N–H and O–H groups in total. The van der Waals surface area contributed by atoms with E-state index in [-0.39, 0.29) is 5.48 Å². The van der Waals surface area contributed by atoms with Crippen LogP contribution in [0.5, 0.6) is 0 Å². The molecule has 1 heterocycles. The first-order valence-electron chi connectivity index (χ1n) is 3.32. The van der Waals surface area contributed by atoms with Crippen molar-refractivity contribution in [1.29, 1.82) is 0 Å². The van der Waals surface area contributed by atoms with Crippen molar-refractivity contribution in [3.05, 3.63) is 0 Å². The maximum Gasteiger partial charge on any atom is 0.160 e. The molecule has 0 bridgehead atoms. The molecule has 11 heavy (non-hydrogen) atoms. The summed E-state index contributed by atoms with van der Waals surface area (Å²) in [6, 6.07) is 0. The SMILES string of the molecule is C=O.CCC.O.O=C1CNC1. The first-order valence-corrected chi connectivity index (χ1v) is 3.32. The lowest BCUT2D eigenvalue weighted by Gasteiger charge is -2.08. The van der Waals surface area contributed by atoms with Gasteiger partial charge in [-0.2, -0.15) is 0 Å². The van der Waals surface area contributed by atoms with E-state index >= 15 is 0 Å². The monoisotopic (exact) mass is 163 g/mol. The van der Waals surface area contributed by atoms with Crippen LogP contribution >= 0.6 is 0 Å². The summed E-state index contributed by atoms with van der Waals surface area (Å²) in [5.41, 5.74) is 0. The predicted octanol–water partition coefficient (Wildman–Crippen LogP) is -0.435. The largest absolute Gasteiger partial charge is 0.412 e. The summed E-state index contributed by atoms with van der Waals surface area (Å²) in [5, 5.41) is 2.81. The van der Waals surface area contributed by atoms with Gasteiger partial charge in [0.05, 0.1) is 13.1 Å². The minimum atomic E-state index is 0. The van der Waals surface area contributed by atoms with Crippen molar-refractivity contribution in [2.75, 3.05) is 13.1 Å². The van der Waals surface area contributed by atoms with E-state index in [1.807, 2.05) is 6.79 Å². The van der Waals surface area contributed by atoms with Crippen LogP contribution in [0.3, 0.4) is 0 Å². The van der Waals surface area contributed by atoms with Gasteiger partial charge in [0, 0.05) is 0 Å². The number of carbonyl (C=O) groups excluding carboxylic acids is 2. The molecule has 1 saturated heterocycles. The van der Waals surface area contributed by atoms with Crippen LogP contribution in [0.15, 0.2) is 0 Å². The van der Waals surface area contributed by atoms with Crippen LogP contribution in [0, 0.1) is 0 Å². The molecule has 0 aromatic heterocycles. The third-order valence-corrected chi connectivity index (χ3v) is 0.644.